The maximum atomic E-state index is 12.7. The van der Waals surface area contributed by atoms with Crippen molar-refractivity contribution < 1.29 is 24.1 Å². The quantitative estimate of drug-likeness (QED) is 0.460. The molecular weight excluding hydrogens is 404 g/mol. The summed E-state index contributed by atoms with van der Waals surface area (Å²) in [5.74, 6) is 0.311. The van der Waals surface area contributed by atoms with Crippen LogP contribution in [-0.4, -0.2) is 46.4 Å². The normalized spacial score (nSPS) is 13.8. The molecule has 8 heteroatoms. The van der Waals surface area contributed by atoms with Gasteiger partial charge in [-0.15, -0.1) is 0 Å². The first kappa shape index (κ1) is 23.4. The number of aromatic hydroxyl groups is 1. The van der Waals surface area contributed by atoms with Gasteiger partial charge in [-0.05, 0) is 31.9 Å². The van der Waals surface area contributed by atoms with Gasteiger partial charge in [0.2, 0.25) is 0 Å². The van der Waals surface area contributed by atoms with Gasteiger partial charge < -0.3 is 24.6 Å². The first-order valence-electron chi connectivity index (χ1n) is 9.69. The molecule has 0 aliphatic rings. The Kier molecular flexibility index (Phi) is 8.41. The largest absolute Gasteiger partial charge is 0.503 e. The monoisotopic (exact) mass is 432 g/mol. The van der Waals surface area contributed by atoms with Crippen LogP contribution in [0.25, 0.3) is 0 Å². The number of nitrogens with zero attached hydrogens (tertiary/aromatic N) is 1. The Labute approximate surface area is 182 Å². The van der Waals surface area contributed by atoms with E-state index in [1.165, 1.54) is 19.4 Å². The molecule has 3 atom stereocenters. The van der Waals surface area contributed by atoms with E-state index in [2.05, 4.69) is 10.3 Å². The zero-order valence-corrected chi connectivity index (χ0v) is 18.6. The standard InChI is InChI=1S/C22H28N2O5S/c1-13(2)20(15(4)28-16-9-7-6-8-10-16)29-22(26)14(3)24-21(30)18-19(25)17(27-5)11-12-23-18/h6-15,20,25H,1-5H3,(H,24,30)/t14-,15+,20?/m0/s1. The number of rotatable bonds is 9. The molecule has 1 heterocycles. The summed E-state index contributed by atoms with van der Waals surface area (Å²) < 4.78 is 16.7. The van der Waals surface area contributed by atoms with Gasteiger partial charge in [0.15, 0.2) is 11.5 Å². The van der Waals surface area contributed by atoms with Gasteiger partial charge in [-0.3, -0.25) is 0 Å². The highest BCUT2D eigenvalue weighted by Gasteiger charge is 2.29. The predicted octanol–water partition coefficient (Wildman–Crippen LogP) is 3.48. The zero-order valence-electron chi connectivity index (χ0n) is 17.8. The first-order chi connectivity index (χ1) is 14.2. The highest BCUT2D eigenvalue weighted by atomic mass is 32.1. The summed E-state index contributed by atoms with van der Waals surface area (Å²) in [6, 6.07) is 10.1. The molecule has 2 rings (SSSR count). The van der Waals surface area contributed by atoms with Crippen LogP contribution in [0.4, 0.5) is 0 Å². The Morgan fingerprint density at radius 3 is 2.40 bits per heavy atom. The molecule has 0 bridgehead atoms. The SMILES string of the molecule is COc1ccnc(C(=S)N[C@@H](C)C(=O)OC(C(C)C)[C@@H](C)Oc2ccccc2)c1O. The highest BCUT2D eigenvalue weighted by Crippen LogP contribution is 2.27. The third-order valence-electron chi connectivity index (χ3n) is 4.46. The van der Waals surface area contributed by atoms with E-state index in [4.69, 9.17) is 26.4 Å². The van der Waals surface area contributed by atoms with Gasteiger partial charge in [0.1, 0.15) is 34.7 Å². The molecule has 0 amide bonds. The van der Waals surface area contributed by atoms with Crippen molar-refractivity contribution in [3.63, 3.8) is 0 Å². The van der Waals surface area contributed by atoms with Gasteiger partial charge in [-0.25, -0.2) is 9.78 Å². The average Bonchev–Trinajstić information content (AvgIpc) is 2.72. The van der Waals surface area contributed by atoms with E-state index in [9.17, 15) is 9.90 Å². The first-order valence-corrected chi connectivity index (χ1v) is 10.1. The minimum atomic E-state index is -0.755. The second-order valence-corrected chi connectivity index (χ2v) is 7.60. The summed E-state index contributed by atoms with van der Waals surface area (Å²) in [5.41, 5.74) is 0.130. The Hall–Kier alpha value is -2.87. The molecule has 30 heavy (non-hydrogen) atoms. The highest BCUT2D eigenvalue weighted by molar-refractivity contribution is 7.80. The van der Waals surface area contributed by atoms with Crippen molar-refractivity contribution in [1.82, 2.24) is 10.3 Å². The molecule has 162 valence electrons. The number of para-hydroxylation sites is 1. The molecule has 1 unspecified atom stereocenters. The number of methoxy groups -OCH3 is 1. The molecule has 0 radical (unpaired) electrons. The molecule has 0 saturated heterocycles. The van der Waals surface area contributed by atoms with Crippen molar-refractivity contribution >= 4 is 23.2 Å². The number of carbonyl (C=O) groups is 1. The number of thiocarbonyl (C=S) groups is 1. The third kappa shape index (κ3) is 6.06. The van der Waals surface area contributed by atoms with Crippen LogP contribution in [0, 0.1) is 5.92 Å². The van der Waals surface area contributed by atoms with E-state index < -0.39 is 18.1 Å². The van der Waals surface area contributed by atoms with Crippen LogP contribution in [0.15, 0.2) is 42.6 Å². The molecule has 1 aromatic carbocycles. The molecular formula is C22H28N2O5S. The Balaban J connectivity index is 2.02. The molecule has 0 spiro atoms. The average molecular weight is 433 g/mol. The molecule has 0 aliphatic heterocycles. The van der Waals surface area contributed by atoms with Crippen LogP contribution >= 0.6 is 12.2 Å². The van der Waals surface area contributed by atoms with Gasteiger partial charge in [-0.1, -0.05) is 44.3 Å². The number of carbonyl (C=O) groups excluding carboxylic acids is 1. The second kappa shape index (κ2) is 10.8. The fraction of sp³-hybridized carbons (Fsp3) is 0.409. The van der Waals surface area contributed by atoms with Crippen LogP contribution in [-0.2, 0) is 9.53 Å². The van der Waals surface area contributed by atoms with Crippen LogP contribution in [0.3, 0.4) is 0 Å². The van der Waals surface area contributed by atoms with E-state index in [0.717, 1.165) is 0 Å². The third-order valence-corrected chi connectivity index (χ3v) is 4.77. The minimum Gasteiger partial charge on any atom is -0.503 e. The van der Waals surface area contributed by atoms with E-state index in [0.29, 0.717) is 5.75 Å². The van der Waals surface area contributed by atoms with Crippen molar-refractivity contribution in [3.8, 4) is 17.2 Å². The maximum absolute atomic E-state index is 12.7. The summed E-state index contributed by atoms with van der Waals surface area (Å²) in [7, 11) is 1.43. The van der Waals surface area contributed by atoms with E-state index in [1.54, 1.807) is 6.92 Å². The smallest absolute Gasteiger partial charge is 0.328 e. The molecule has 2 N–H and O–H groups in total. The summed E-state index contributed by atoms with van der Waals surface area (Å²) in [6.45, 7) is 7.42. The second-order valence-electron chi connectivity index (χ2n) is 7.19. The Morgan fingerprint density at radius 1 is 1.13 bits per heavy atom. The van der Waals surface area contributed by atoms with E-state index >= 15 is 0 Å². The number of aromatic nitrogens is 1. The van der Waals surface area contributed by atoms with Crippen molar-refractivity contribution in [3.05, 3.63) is 48.3 Å². The van der Waals surface area contributed by atoms with Gasteiger partial charge in [0.25, 0.3) is 0 Å². The van der Waals surface area contributed by atoms with Crippen molar-refractivity contribution in [2.75, 3.05) is 7.11 Å². The molecule has 0 saturated carbocycles. The summed E-state index contributed by atoms with van der Waals surface area (Å²) in [6.07, 6.45) is 0.654. The molecule has 7 nitrogen and oxygen atoms in total. The number of ether oxygens (including phenoxy) is 3. The van der Waals surface area contributed by atoms with Crippen molar-refractivity contribution in [2.24, 2.45) is 5.92 Å². The number of benzene rings is 1. The Bertz CT molecular complexity index is 860. The zero-order chi connectivity index (χ0) is 22.3. The lowest BCUT2D eigenvalue weighted by atomic mass is 10.0. The fourth-order valence-corrected chi connectivity index (χ4v) is 3.21. The fourth-order valence-electron chi connectivity index (χ4n) is 2.88. The molecule has 2 aromatic rings. The number of hydrogen-bond donors (Lipinski definition) is 2. The minimum absolute atomic E-state index is 0.0379. The summed E-state index contributed by atoms with van der Waals surface area (Å²) >= 11 is 5.29. The summed E-state index contributed by atoms with van der Waals surface area (Å²) in [4.78, 5) is 16.9. The number of nitrogens with one attached hydrogen (secondary N) is 1. The molecule has 0 fully saturated rings. The van der Waals surface area contributed by atoms with Crippen LogP contribution in [0.5, 0.6) is 17.2 Å². The summed E-state index contributed by atoms with van der Waals surface area (Å²) in [5, 5.41) is 13.1. The van der Waals surface area contributed by atoms with Crippen LogP contribution < -0.4 is 14.8 Å². The van der Waals surface area contributed by atoms with Gasteiger partial charge in [0.05, 0.1) is 7.11 Å². The molecule has 1 aromatic heterocycles. The lowest BCUT2D eigenvalue weighted by Crippen LogP contribution is -2.44. The van der Waals surface area contributed by atoms with Gasteiger partial charge in [-0.2, -0.15) is 0 Å². The Morgan fingerprint density at radius 2 is 1.80 bits per heavy atom. The van der Waals surface area contributed by atoms with Crippen LogP contribution in [0.1, 0.15) is 33.4 Å². The topological polar surface area (TPSA) is 89.9 Å². The number of pyridine rings is 1. The van der Waals surface area contributed by atoms with Gasteiger partial charge in [0, 0.05) is 12.3 Å². The lowest BCUT2D eigenvalue weighted by molar-refractivity contribution is -0.158. The predicted molar refractivity (Wildman–Crippen MR) is 118 cm³/mol. The van der Waals surface area contributed by atoms with Crippen molar-refractivity contribution in [2.45, 2.75) is 45.9 Å². The molecule has 0 aliphatic carbocycles. The van der Waals surface area contributed by atoms with E-state index in [-0.39, 0.29) is 34.2 Å². The lowest BCUT2D eigenvalue weighted by Gasteiger charge is -2.29. The van der Waals surface area contributed by atoms with Gasteiger partial charge >= 0.3 is 5.97 Å². The van der Waals surface area contributed by atoms with Crippen molar-refractivity contribution in [1.29, 1.82) is 0 Å². The van der Waals surface area contributed by atoms with Crippen LogP contribution in [0.2, 0.25) is 0 Å². The number of hydrogen-bond acceptors (Lipinski definition) is 7. The maximum Gasteiger partial charge on any atom is 0.328 e. The van der Waals surface area contributed by atoms with E-state index in [1.807, 2.05) is 51.1 Å². The number of esters is 1.